The minimum Gasteiger partial charge on any atom is -0.467 e. The van der Waals surface area contributed by atoms with Crippen molar-refractivity contribution < 1.29 is 27.2 Å². The van der Waals surface area contributed by atoms with Gasteiger partial charge < -0.3 is 9.73 Å². The van der Waals surface area contributed by atoms with Crippen LogP contribution in [0.3, 0.4) is 0 Å². The number of sulfone groups is 1. The third-order valence-electron chi connectivity index (χ3n) is 5.78. The molecule has 33 heavy (non-hydrogen) atoms. The van der Waals surface area contributed by atoms with Crippen LogP contribution < -0.4 is 5.32 Å². The maximum absolute atomic E-state index is 12.9. The summed E-state index contributed by atoms with van der Waals surface area (Å²) in [5.74, 6) is -0.545. The molecule has 1 atom stereocenters. The second-order valence-electron chi connectivity index (χ2n) is 8.16. The van der Waals surface area contributed by atoms with Crippen molar-refractivity contribution >= 4 is 33.4 Å². The molecule has 0 aliphatic carbocycles. The van der Waals surface area contributed by atoms with E-state index < -0.39 is 27.6 Å². The van der Waals surface area contributed by atoms with Gasteiger partial charge in [-0.1, -0.05) is 0 Å². The largest absolute Gasteiger partial charge is 0.467 e. The molecule has 11 heteroatoms. The van der Waals surface area contributed by atoms with E-state index in [9.17, 15) is 22.8 Å². The minimum atomic E-state index is -3.13. The number of hydrogen-bond acceptors (Lipinski definition) is 7. The lowest BCUT2D eigenvalue weighted by atomic mass is 10.1. The molecule has 1 N–H and O–H groups in total. The number of hydrogen-bond donors (Lipinski definition) is 1. The van der Waals surface area contributed by atoms with E-state index in [1.165, 1.54) is 29.1 Å². The molecule has 0 saturated carbocycles. The maximum atomic E-state index is 12.9. The topological polar surface area (TPSA) is 132 Å². The highest BCUT2D eigenvalue weighted by Gasteiger charge is 2.37. The molecule has 1 unspecified atom stereocenters. The molecular formula is C22H20N4O6S. The first-order valence-corrected chi connectivity index (χ1v) is 12.1. The van der Waals surface area contributed by atoms with Gasteiger partial charge in [0, 0.05) is 11.6 Å². The fraction of sp³-hybridized carbons (Fsp3) is 0.273. The zero-order valence-corrected chi connectivity index (χ0v) is 18.5. The monoisotopic (exact) mass is 468 g/mol. The summed E-state index contributed by atoms with van der Waals surface area (Å²) in [4.78, 5) is 39.5. The molecule has 2 aliphatic heterocycles. The first-order chi connectivity index (χ1) is 15.7. The quantitative estimate of drug-likeness (QED) is 0.568. The molecule has 3 aromatic rings. The second-order valence-corrected chi connectivity index (χ2v) is 10.4. The van der Waals surface area contributed by atoms with Gasteiger partial charge in [0.25, 0.3) is 17.7 Å². The standard InChI is InChI=1S/C22H20N4O6S/c1-13-9-19(26(24-13)15-6-8-33(30,31)12-15)23-20(27)14-4-5-17-18(10-14)22(29)25(21(17)28)11-16-3-2-7-32-16/h2-5,7,9-10,15H,6,8,11-12H2,1H3,(H,23,27). The number of benzene rings is 1. The number of imide groups is 1. The summed E-state index contributed by atoms with van der Waals surface area (Å²) in [5.41, 5.74) is 1.20. The van der Waals surface area contributed by atoms with Crippen molar-refractivity contribution in [2.45, 2.75) is 25.9 Å². The van der Waals surface area contributed by atoms with Crippen LogP contribution >= 0.6 is 0 Å². The summed E-state index contributed by atoms with van der Waals surface area (Å²) in [5, 5.41) is 7.11. The van der Waals surface area contributed by atoms with Crippen LogP contribution in [0, 0.1) is 6.92 Å². The van der Waals surface area contributed by atoms with Gasteiger partial charge in [-0.2, -0.15) is 5.10 Å². The Balaban J connectivity index is 1.37. The summed E-state index contributed by atoms with van der Waals surface area (Å²) in [6, 6.07) is 8.97. The highest BCUT2D eigenvalue weighted by Crippen LogP contribution is 2.29. The summed E-state index contributed by atoms with van der Waals surface area (Å²) in [6.07, 6.45) is 1.89. The normalized spacial score (nSPS) is 19.2. The number of rotatable bonds is 5. The van der Waals surface area contributed by atoms with E-state index in [4.69, 9.17) is 4.42 Å². The second kappa shape index (κ2) is 7.69. The molecule has 0 spiro atoms. The van der Waals surface area contributed by atoms with Crippen molar-refractivity contribution in [2.24, 2.45) is 0 Å². The smallest absolute Gasteiger partial charge is 0.261 e. The van der Waals surface area contributed by atoms with Crippen LogP contribution in [0.5, 0.6) is 0 Å². The van der Waals surface area contributed by atoms with Gasteiger partial charge in [-0.15, -0.1) is 0 Å². The molecule has 5 rings (SSSR count). The number of anilines is 1. The van der Waals surface area contributed by atoms with E-state index in [-0.39, 0.29) is 40.8 Å². The van der Waals surface area contributed by atoms with E-state index in [2.05, 4.69) is 10.4 Å². The summed E-state index contributed by atoms with van der Waals surface area (Å²) >= 11 is 0. The van der Waals surface area contributed by atoms with Crippen LogP contribution in [0.15, 0.2) is 47.1 Å². The Labute approximate surface area is 189 Å². The molecule has 0 bridgehead atoms. The van der Waals surface area contributed by atoms with Crippen molar-refractivity contribution in [1.82, 2.24) is 14.7 Å². The van der Waals surface area contributed by atoms with Gasteiger partial charge in [0.1, 0.15) is 11.6 Å². The molecule has 2 aromatic heterocycles. The molecule has 170 valence electrons. The Morgan fingerprint density at radius 1 is 1.18 bits per heavy atom. The number of carbonyl (C=O) groups is 3. The van der Waals surface area contributed by atoms with Gasteiger partial charge in [0.2, 0.25) is 0 Å². The Morgan fingerprint density at radius 3 is 2.67 bits per heavy atom. The Hall–Kier alpha value is -3.73. The fourth-order valence-electron chi connectivity index (χ4n) is 4.18. The van der Waals surface area contributed by atoms with Gasteiger partial charge in [0.05, 0.1) is 47.2 Å². The first-order valence-electron chi connectivity index (χ1n) is 10.3. The molecule has 3 amide bonds. The maximum Gasteiger partial charge on any atom is 0.261 e. The molecule has 1 fully saturated rings. The average molecular weight is 468 g/mol. The van der Waals surface area contributed by atoms with Gasteiger partial charge in [-0.25, -0.2) is 13.1 Å². The van der Waals surface area contributed by atoms with Crippen molar-refractivity contribution in [3.05, 3.63) is 70.8 Å². The van der Waals surface area contributed by atoms with Crippen LogP contribution in [0.2, 0.25) is 0 Å². The zero-order valence-electron chi connectivity index (χ0n) is 17.6. The number of fused-ring (bicyclic) bond motifs is 1. The van der Waals surface area contributed by atoms with Crippen molar-refractivity contribution in [3.8, 4) is 0 Å². The Morgan fingerprint density at radius 2 is 1.97 bits per heavy atom. The first kappa shape index (κ1) is 21.1. The van der Waals surface area contributed by atoms with E-state index in [0.29, 0.717) is 23.7 Å². The third kappa shape index (κ3) is 3.84. The van der Waals surface area contributed by atoms with Crippen LogP contribution in [0.4, 0.5) is 5.82 Å². The molecule has 1 aromatic carbocycles. The molecule has 1 saturated heterocycles. The highest BCUT2D eigenvalue weighted by atomic mass is 32.2. The molecular weight excluding hydrogens is 448 g/mol. The van der Waals surface area contributed by atoms with Gasteiger partial charge in [-0.05, 0) is 43.7 Å². The van der Waals surface area contributed by atoms with Crippen LogP contribution in [-0.4, -0.2) is 52.3 Å². The third-order valence-corrected chi connectivity index (χ3v) is 7.53. The minimum absolute atomic E-state index is 0.00361. The average Bonchev–Trinajstić information content (AvgIpc) is 3.54. The number of aryl methyl sites for hydroxylation is 1. The van der Waals surface area contributed by atoms with E-state index in [1.807, 2.05) is 0 Å². The van der Waals surface area contributed by atoms with Gasteiger partial charge >= 0.3 is 0 Å². The van der Waals surface area contributed by atoms with Crippen molar-refractivity contribution in [3.63, 3.8) is 0 Å². The summed E-state index contributed by atoms with van der Waals surface area (Å²) in [7, 11) is -3.13. The predicted molar refractivity (Wildman–Crippen MR) is 117 cm³/mol. The van der Waals surface area contributed by atoms with Crippen LogP contribution in [-0.2, 0) is 16.4 Å². The lowest BCUT2D eigenvalue weighted by Gasteiger charge is -2.14. The fourth-order valence-corrected chi connectivity index (χ4v) is 5.87. The predicted octanol–water partition coefficient (Wildman–Crippen LogP) is 2.19. The van der Waals surface area contributed by atoms with Crippen LogP contribution in [0.1, 0.15) is 55.0 Å². The van der Waals surface area contributed by atoms with E-state index in [0.717, 1.165) is 4.90 Å². The summed E-state index contributed by atoms with van der Waals surface area (Å²) in [6.45, 7) is 1.76. The number of amides is 3. The van der Waals surface area contributed by atoms with Gasteiger partial charge in [-0.3, -0.25) is 19.3 Å². The van der Waals surface area contributed by atoms with E-state index >= 15 is 0 Å². The Bertz CT molecular complexity index is 1390. The van der Waals surface area contributed by atoms with E-state index in [1.54, 1.807) is 25.1 Å². The molecule has 0 radical (unpaired) electrons. The highest BCUT2D eigenvalue weighted by molar-refractivity contribution is 7.91. The SMILES string of the molecule is Cc1cc(NC(=O)c2ccc3c(c2)C(=O)N(Cc2ccco2)C3=O)n(C2CCS(=O)(=O)C2)n1. The zero-order chi connectivity index (χ0) is 23.3. The number of aromatic nitrogens is 2. The summed E-state index contributed by atoms with van der Waals surface area (Å²) < 4.78 is 30.5. The van der Waals surface area contributed by atoms with Crippen molar-refractivity contribution in [1.29, 1.82) is 0 Å². The molecule has 2 aliphatic rings. The van der Waals surface area contributed by atoms with Crippen LogP contribution in [0.25, 0.3) is 0 Å². The Kier molecular flexibility index (Phi) is 4.93. The van der Waals surface area contributed by atoms with Crippen molar-refractivity contribution in [2.75, 3.05) is 16.8 Å². The molecule has 10 nitrogen and oxygen atoms in total. The number of furan rings is 1. The molecule has 4 heterocycles. The lowest BCUT2D eigenvalue weighted by Crippen LogP contribution is -2.28. The van der Waals surface area contributed by atoms with Gasteiger partial charge in [0.15, 0.2) is 9.84 Å². The lowest BCUT2D eigenvalue weighted by molar-refractivity contribution is 0.0631. The number of carbonyl (C=O) groups excluding carboxylic acids is 3. The number of nitrogens with one attached hydrogen (secondary N) is 1. The number of nitrogens with zero attached hydrogens (tertiary/aromatic N) is 3.